The van der Waals surface area contributed by atoms with Gasteiger partial charge in [0.15, 0.2) is 11.5 Å². The minimum absolute atomic E-state index is 0.0107. The Bertz CT molecular complexity index is 1230. The highest BCUT2D eigenvalue weighted by molar-refractivity contribution is 6.30. The Hall–Kier alpha value is -3.39. The molecule has 1 aliphatic heterocycles. The minimum Gasteiger partial charge on any atom is -0.395 e. The Balaban J connectivity index is 1.63. The summed E-state index contributed by atoms with van der Waals surface area (Å²) in [6.07, 6.45) is -2.19. The van der Waals surface area contributed by atoms with E-state index in [0.29, 0.717) is 16.3 Å². The van der Waals surface area contributed by atoms with Crippen LogP contribution < -0.4 is 19.9 Å². The first-order valence-corrected chi connectivity index (χ1v) is 10.2. The van der Waals surface area contributed by atoms with Crippen molar-refractivity contribution in [1.29, 1.82) is 0 Å². The molecule has 9 heteroatoms. The Morgan fingerprint density at radius 1 is 1.09 bits per heavy atom. The van der Waals surface area contributed by atoms with Gasteiger partial charge in [-0.3, -0.25) is 9.59 Å². The molecular weight excluding hydrogens is 442 g/mol. The van der Waals surface area contributed by atoms with Gasteiger partial charge in [-0.05, 0) is 67.9 Å². The van der Waals surface area contributed by atoms with E-state index in [1.54, 1.807) is 36.4 Å². The number of pyridine rings is 1. The molecule has 0 saturated carbocycles. The van der Waals surface area contributed by atoms with Gasteiger partial charge in [0.25, 0.3) is 11.5 Å². The Morgan fingerprint density at radius 3 is 2.47 bits per heavy atom. The first kappa shape index (κ1) is 21.8. The number of halogens is 3. The van der Waals surface area contributed by atoms with Crippen LogP contribution in [0, 0.1) is 0 Å². The van der Waals surface area contributed by atoms with E-state index in [-0.39, 0.29) is 29.6 Å². The van der Waals surface area contributed by atoms with Crippen molar-refractivity contribution in [3.63, 3.8) is 0 Å². The van der Waals surface area contributed by atoms with Crippen LogP contribution in [0.5, 0.6) is 11.5 Å². The highest BCUT2D eigenvalue weighted by Gasteiger charge is 2.43. The third kappa shape index (κ3) is 4.31. The summed E-state index contributed by atoms with van der Waals surface area (Å²) in [5.74, 6) is -0.640. The summed E-state index contributed by atoms with van der Waals surface area (Å²) in [7, 11) is 0. The summed E-state index contributed by atoms with van der Waals surface area (Å²) in [5.41, 5.74) is 0.639. The number of aromatic nitrogens is 1. The Labute approximate surface area is 187 Å². The van der Waals surface area contributed by atoms with Gasteiger partial charge in [0.05, 0.1) is 6.54 Å². The number of benzene rings is 2. The molecule has 2 aromatic carbocycles. The zero-order valence-electron chi connectivity index (χ0n) is 17.2. The monoisotopic (exact) mass is 460 g/mol. The van der Waals surface area contributed by atoms with Crippen molar-refractivity contribution >= 4 is 23.2 Å². The average Bonchev–Trinajstić information content (AvgIpc) is 3.04. The summed E-state index contributed by atoms with van der Waals surface area (Å²) in [5, 5.41) is 0.536. The number of hydrogen-bond acceptors (Lipinski definition) is 4. The van der Waals surface area contributed by atoms with E-state index in [0.717, 1.165) is 0 Å². The molecule has 0 aliphatic carbocycles. The molecule has 6 nitrogen and oxygen atoms in total. The van der Waals surface area contributed by atoms with Crippen molar-refractivity contribution in [2.45, 2.75) is 32.7 Å². The van der Waals surface area contributed by atoms with Gasteiger partial charge in [-0.2, -0.15) is 0 Å². The van der Waals surface area contributed by atoms with Gasteiger partial charge in [-0.1, -0.05) is 17.7 Å². The number of nitrogens with zero attached hydrogens (tertiary/aromatic N) is 2. The third-order valence-corrected chi connectivity index (χ3v) is 5.16. The SMILES string of the molecule is CC(C)N(C(=O)c1cccn(Cc2ccc3c(c2)OC(F)(F)O3)c1=O)c1ccc(Cl)cc1. The molecule has 4 rings (SSSR count). The molecule has 2 heterocycles. The zero-order chi connectivity index (χ0) is 23.0. The molecule has 0 spiro atoms. The van der Waals surface area contributed by atoms with Crippen LogP contribution >= 0.6 is 11.6 Å². The van der Waals surface area contributed by atoms with Crippen molar-refractivity contribution < 1.29 is 23.0 Å². The number of alkyl halides is 2. The van der Waals surface area contributed by atoms with E-state index in [1.165, 1.54) is 33.9 Å². The zero-order valence-corrected chi connectivity index (χ0v) is 18.0. The predicted octanol–water partition coefficient (Wildman–Crippen LogP) is 4.93. The van der Waals surface area contributed by atoms with Crippen LogP contribution in [0.1, 0.15) is 29.8 Å². The van der Waals surface area contributed by atoms with Gasteiger partial charge < -0.3 is 18.9 Å². The topological polar surface area (TPSA) is 60.8 Å². The number of rotatable bonds is 5. The molecular formula is C23H19ClF2N2O4. The van der Waals surface area contributed by atoms with Crippen LogP contribution in [-0.4, -0.2) is 22.8 Å². The van der Waals surface area contributed by atoms with Crippen LogP contribution in [0.25, 0.3) is 0 Å². The van der Waals surface area contributed by atoms with Gasteiger partial charge >= 0.3 is 6.29 Å². The normalized spacial score (nSPS) is 13.9. The standard InChI is InChI=1S/C23H19ClF2N2O4/c1-14(2)28(17-8-6-16(24)7-9-17)22(30)18-4-3-11-27(21(18)29)13-15-5-10-19-20(12-15)32-23(25,26)31-19/h3-12,14H,13H2,1-2H3. The second kappa shape index (κ2) is 8.27. The maximum atomic E-state index is 13.3. The van der Waals surface area contributed by atoms with Gasteiger partial charge in [-0.15, -0.1) is 8.78 Å². The maximum Gasteiger partial charge on any atom is 0.586 e. The van der Waals surface area contributed by atoms with Gasteiger partial charge in [0.1, 0.15) is 5.56 Å². The molecule has 1 aliphatic rings. The van der Waals surface area contributed by atoms with E-state index in [9.17, 15) is 18.4 Å². The Kier molecular flexibility index (Phi) is 5.64. The smallest absolute Gasteiger partial charge is 0.395 e. The number of ether oxygens (including phenoxy) is 2. The van der Waals surface area contributed by atoms with E-state index in [4.69, 9.17) is 11.6 Å². The van der Waals surface area contributed by atoms with Crippen molar-refractivity contribution in [2.75, 3.05) is 4.90 Å². The van der Waals surface area contributed by atoms with Crippen molar-refractivity contribution in [2.24, 2.45) is 0 Å². The van der Waals surface area contributed by atoms with Crippen molar-refractivity contribution in [3.05, 3.63) is 87.3 Å². The largest absolute Gasteiger partial charge is 0.586 e. The van der Waals surface area contributed by atoms with Crippen LogP contribution in [-0.2, 0) is 6.54 Å². The van der Waals surface area contributed by atoms with Crippen LogP contribution in [0.15, 0.2) is 65.6 Å². The first-order valence-electron chi connectivity index (χ1n) is 9.82. The van der Waals surface area contributed by atoms with Crippen molar-refractivity contribution in [3.8, 4) is 11.5 Å². The summed E-state index contributed by atoms with van der Waals surface area (Å²) in [6, 6.07) is 13.9. The lowest BCUT2D eigenvalue weighted by atomic mass is 10.1. The van der Waals surface area contributed by atoms with E-state index >= 15 is 0 Å². The molecule has 0 bridgehead atoms. The first-order chi connectivity index (χ1) is 15.1. The molecule has 0 radical (unpaired) electrons. The quantitative estimate of drug-likeness (QED) is 0.542. The number of carbonyl (C=O) groups excluding carboxylic acids is 1. The number of hydrogen-bond donors (Lipinski definition) is 0. The number of carbonyl (C=O) groups is 1. The molecule has 3 aromatic rings. The van der Waals surface area contributed by atoms with E-state index < -0.39 is 17.8 Å². The molecule has 32 heavy (non-hydrogen) atoms. The van der Waals surface area contributed by atoms with Gasteiger partial charge in [0.2, 0.25) is 0 Å². The summed E-state index contributed by atoms with van der Waals surface area (Å²) in [6.45, 7) is 3.75. The highest BCUT2D eigenvalue weighted by atomic mass is 35.5. The summed E-state index contributed by atoms with van der Waals surface area (Å²) < 4.78 is 36.7. The van der Waals surface area contributed by atoms with Gasteiger partial charge in [-0.25, -0.2) is 0 Å². The predicted molar refractivity (Wildman–Crippen MR) is 116 cm³/mol. The minimum atomic E-state index is -3.72. The molecule has 1 amide bonds. The fraction of sp³-hybridized carbons (Fsp3) is 0.217. The second-order valence-corrected chi connectivity index (χ2v) is 7.99. The lowest BCUT2D eigenvalue weighted by molar-refractivity contribution is -0.286. The number of fused-ring (bicyclic) bond motifs is 1. The number of amides is 1. The lowest BCUT2D eigenvalue weighted by Crippen LogP contribution is -2.40. The molecule has 0 N–H and O–H groups in total. The fourth-order valence-corrected chi connectivity index (χ4v) is 3.62. The van der Waals surface area contributed by atoms with Crippen LogP contribution in [0.2, 0.25) is 5.02 Å². The van der Waals surface area contributed by atoms with E-state index in [1.807, 2.05) is 13.8 Å². The molecule has 0 fully saturated rings. The fourth-order valence-electron chi connectivity index (χ4n) is 3.49. The van der Waals surface area contributed by atoms with Crippen LogP contribution in [0.4, 0.5) is 14.5 Å². The number of anilines is 1. The Morgan fingerprint density at radius 2 is 1.78 bits per heavy atom. The summed E-state index contributed by atoms with van der Waals surface area (Å²) >= 11 is 5.95. The lowest BCUT2D eigenvalue weighted by Gasteiger charge is -2.27. The second-order valence-electron chi connectivity index (χ2n) is 7.55. The molecule has 0 unspecified atom stereocenters. The molecule has 1 aromatic heterocycles. The molecule has 0 atom stereocenters. The maximum absolute atomic E-state index is 13.3. The highest BCUT2D eigenvalue weighted by Crippen LogP contribution is 2.41. The van der Waals surface area contributed by atoms with Crippen molar-refractivity contribution in [1.82, 2.24) is 4.57 Å². The van der Waals surface area contributed by atoms with E-state index in [2.05, 4.69) is 9.47 Å². The molecule has 0 saturated heterocycles. The van der Waals surface area contributed by atoms with Crippen LogP contribution in [0.3, 0.4) is 0 Å². The van der Waals surface area contributed by atoms with Gasteiger partial charge in [0, 0.05) is 22.9 Å². The molecule has 166 valence electrons. The average molecular weight is 461 g/mol. The third-order valence-electron chi connectivity index (χ3n) is 4.91. The summed E-state index contributed by atoms with van der Waals surface area (Å²) in [4.78, 5) is 27.9.